The first-order chi connectivity index (χ1) is 12.7. The molecule has 1 aromatic carbocycles. The summed E-state index contributed by atoms with van der Waals surface area (Å²) in [6, 6.07) is 5.91. The average Bonchev–Trinajstić information content (AvgIpc) is 3.01. The Morgan fingerprint density at radius 3 is 2.68 bits per heavy atom. The fourth-order valence-corrected chi connectivity index (χ4v) is 3.21. The Labute approximate surface area is 182 Å². The molecule has 0 saturated carbocycles. The number of hydrogen-bond donors (Lipinski definition) is 2. The van der Waals surface area contributed by atoms with Gasteiger partial charge in [0.05, 0.1) is 18.7 Å². The molecule has 156 valence electrons. The van der Waals surface area contributed by atoms with Gasteiger partial charge >= 0.3 is 6.09 Å². The Bertz CT molecular complexity index is 708. The number of nitrogens with one attached hydrogen (secondary N) is 1. The number of ether oxygens (including phenoxy) is 1. The van der Waals surface area contributed by atoms with Crippen molar-refractivity contribution in [2.45, 2.75) is 38.5 Å². The van der Waals surface area contributed by atoms with Crippen LogP contribution >= 0.6 is 24.0 Å². The second-order valence-corrected chi connectivity index (χ2v) is 7.89. The summed E-state index contributed by atoms with van der Waals surface area (Å²) in [6.45, 7) is 8.22. The summed E-state index contributed by atoms with van der Waals surface area (Å²) in [5.41, 5.74) is 0.137. The van der Waals surface area contributed by atoms with Crippen LogP contribution in [0, 0.1) is 5.82 Å². The number of aliphatic imine (C=N–C) groups is 1. The van der Waals surface area contributed by atoms with Crippen molar-refractivity contribution < 1.29 is 19.0 Å². The van der Waals surface area contributed by atoms with Gasteiger partial charge < -0.3 is 25.0 Å². The van der Waals surface area contributed by atoms with E-state index in [2.05, 4.69) is 15.2 Å². The van der Waals surface area contributed by atoms with E-state index >= 15 is 0 Å². The number of hydrogen-bond acceptors (Lipinski definition) is 6. The maximum atomic E-state index is 13.0. The van der Waals surface area contributed by atoms with Crippen LogP contribution in [0.1, 0.15) is 32.4 Å². The molecular formula is C19H28FIN4O3. The maximum Gasteiger partial charge on any atom is 0.410 e. The van der Waals surface area contributed by atoms with E-state index in [1.54, 1.807) is 17.0 Å². The Morgan fingerprint density at radius 1 is 1.36 bits per heavy atom. The van der Waals surface area contributed by atoms with Gasteiger partial charge in [0.15, 0.2) is 5.96 Å². The first kappa shape index (κ1) is 22.7. The topological polar surface area (TPSA) is 77.4 Å². The molecule has 2 N–H and O–H groups in total. The number of halogens is 2. The first-order valence-corrected chi connectivity index (χ1v) is 9.19. The largest absolute Gasteiger partial charge is 0.444 e. The summed E-state index contributed by atoms with van der Waals surface area (Å²) >= 11 is 0. The highest BCUT2D eigenvalue weighted by Gasteiger charge is 2.36. The number of carbonyl (C=O) groups excluding carboxylic acids is 1. The van der Waals surface area contributed by atoms with Gasteiger partial charge in [-0.2, -0.15) is 0 Å². The Hall–Kier alpha value is -1.62. The summed E-state index contributed by atoms with van der Waals surface area (Å²) in [6.07, 6.45) is -1.05. The molecule has 1 fully saturated rings. The van der Waals surface area contributed by atoms with Gasteiger partial charge in [0.1, 0.15) is 11.4 Å². The van der Waals surface area contributed by atoms with Crippen LogP contribution in [0.5, 0.6) is 0 Å². The standard InChI is InChI=1S/C19H27FN4O3.HI/c1-19(2,3)27-18(26)23-8-9-24-15(12-23)10-21-17(24)22-11-16(25)13-4-6-14(20)7-5-13;/h4-7,15-16,25H,8-12H2,1-3H3,(H,21,22);1H. The number of aliphatic hydroxyl groups excluding tert-OH is 1. The van der Waals surface area contributed by atoms with Gasteiger partial charge in [-0.15, -0.1) is 24.0 Å². The van der Waals surface area contributed by atoms with Crippen molar-refractivity contribution in [2.24, 2.45) is 4.99 Å². The molecule has 0 aromatic heterocycles. The monoisotopic (exact) mass is 506 g/mol. The van der Waals surface area contributed by atoms with Crippen molar-refractivity contribution in [3.8, 4) is 0 Å². The van der Waals surface area contributed by atoms with Crippen LogP contribution in [0.15, 0.2) is 29.3 Å². The van der Waals surface area contributed by atoms with E-state index in [-0.39, 0.29) is 48.5 Å². The van der Waals surface area contributed by atoms with Crippen LogP contribution in [-0.2, 0) is 4.74 Å². The predicted octanol–water partition coefficient (Wildman–Crippen LogP) is 2.36. The number of rotatable bonds is 3. The average molecular weight is 506 g/mol. The first-order valence-electron chi connectivity index (χ1n) is 9.19. The number of carbonyl (C=O) groups is 1. The highest BCUT2D eigenvalue weighted by Crippen LogP contribution is 2.19. The molecule has 1 saturated heterocycles. The Morgan fingerprint density at radius 2 is 2.04 bits per heavy atom. The zero-order valence-corrected chi connectivity index (χ0v) is 18.7. The third-order valence-electron chi connectivity index (χ3n) is 4.57. The van der Waals surface area contributed by atoms with Crippen molar-refractivity contribution in [3.05, 3.63) is 35.6 Å². The minimum atomic E-state index is -0.754. The van der Waals surface area contributed by atoms with Crippen LogP contribution in [0.3, 0.4) is 0 Å². The molecule has 0 spiro atoms. The molecule has 3 rings (SSSR count). The molecule has 2 unspecified atom stereocenters. The van der Waals surface area contributed by atoms with Gasteiger partial charge in [0.25, 0.3) is 0 Å². The van der Waals surface area contributed by atoms with Gasteiger partial charge in [-0.1, -0.05) is 12.1 Å². The minimum Gasteiger partial charge on any atom is -0.444 e. The van der Waals surface area contributed by atoms with Gasteiger partial charge in [-0.3, -0.25) is 4.99 Å². The number of aliphatic hydroxyl groups is 1. The highest BCUT2D eigenvalue weighted by molar-refractivity contribution is 14.0. The number of benzene rings is 1. The lowest BCUT2D eigenvalue weighted by atomic mass is 10.1. The molecule has 1 aromatic rings. The van der Waals surface area contributed by atoms with Crippen LogP contribution in [0.4, 0.5) is 9.18 Å². The maximum absolute atomic E-state index is 13.0. The molecular weight excluding hydrogens is 478 g/mol. The van der Waals surface area contributed by atoms with Crippen molar-refractivity contribution >= 4 is 36.0 Å². The fourth-order valence-electron chi connectivity index (χ4n) is 3.21. The minimum absolute atomic E-state index is 0. The lowest BCUT2D eigenvalue weighted by molar-refractivity contribution is 0.0137. The van der Waals surface area contributed by atoms with Crippen LogP contribution in [0.25, 0.3) is 0 Å². The smallest absolute Gasteiger partial charge is 0.410 e. The molecule has 0 aliphatic carbocycles. The molecule has 0 bridgehead atoms. The zero-order chi connectivity index (χ0) is 19.6. The third-order valence-corrected chi connectivity index (χ3v) is 4.57. The van der Waals surface area contributed by atoms with E-state index in [4.69, 9.17) is 4.74 Å². The number of nitrogens with zero attached hydrogens (tertiary/aromatic N) is 3. The zero-order valence-electron chi connectivity index (χ0n) is 16.4. The number of piperazine rings is 1. The van der Waals surface area contributed by atoms with Crippen LogP contribution in [-0.4, -0.2) is 71.3 Å². The number of guanidine groups is 1. The molecule has 1 amide bonds. The summed E-state index contributed by atoms with van der Waals surface area (Å²) < 4.78 is 18.4. The molecule has 28 heavy (non-hydrogen) atoms. The second kappa shape index (κ2) is 9.25. The van der Waals surface area contributed by atoms with Gasteiger partial charge in [0, 0.05) is 26.2 Å². The van der Waals surface area contributed by atoms with E-state index in [1.165, 1.54) is 12.1 Å². The third kappa shape index (κ3) is 5.69. The molecule has 0 radical (unpaired) electrons. The van der Waals surface area contributed by atoms with Crippen molar-refractivity contribution in [1.29, 1.82) is 0 Å². The number of amides is 1. The lowest BCUT2D eigenvalue weighted by Crippen LogP contribution is -2.57. The quantitative estimate of drug-likeness (QED) is 0.616. The van der Waals surface area contributed by atoms with Crippen molar-refractivity contribution in [1.82, 2.24) is 15.1 Å². The van der Waals surface area contributed by atoms with E-state index in [0.717, 1.165) is 5.96 Å². The summed E-state index contributed by atoms with van der Waals surface area (Å²) in [5.74, 6) is 0.398. The Kier molecular flexibility index (Phi) is 7.49. The molecule has 2 aliphatic heterocycles. The number of fused-ring (bicyclic) bond motifs is 1. The van der Waals surface area contributed by atoms with Gasteiger partial charge in [-0.05, 0) is 38.5 Å². The summed E-state index contributed by atoms with van der Waals surface area (Å²) in [4.78, 5) is 20.6. The molecule has 9 heteroatoms. The molecule has 7 nitrogen and oxygen atoms in total. The highest BCUT2D eigenvalue weighted by atomic mass is 127. The normalized spacial score (nSPS) is 20.0. The van der Waals surface area contributed by atoms with E-state index in [0.29, 0.717) is 31.7 Å². The Balaban J connectivity index is 0.00000280. The fraction of sp³-hybridized carbons (Fsp3) is 0.579. The summed E-state index contributed by atoms with van der Waals surface area (Å²) in [7, 11) is 0. The van der Waals surface area contributed by atoms with Crippen molar-refractivity contribution in [3.63, 3.8) is 0 Å². The molecule has 2 atom stereocenters. The predicted molar refractivity (Wildman–Crippen MR) is 115 cm³/mol. The molecule has 2 heterocycles. The van der Waals surface area contributed by atoms with E-state index in [1.807, 2.05) is 20.8 Å². The van der Waals surface area contributed by atoms with E-state index in [9.17, 15) is 14.3 Å². The lowest BCUT2D eigenvalue weighted by Gasteiger charge is -2.39. The SMILES string of the molecule is CC(C)(C)OC(=O)N1CCN2C(NCC(O)c3ccc(F)cc3)=NCC2C1.I. The van der Waals surface area contributed by atoms with E-state index < -0.39 is 11.7 Å². The van der Waals surface area contributed by atoms with Gasteiger partial charge in [0.2, 0.25) is 0 Å². The van der Waals surface area contributed by atoms with Crippen molar-refractivity contribution in [2.75, 3.05) is 32.7 Å². The van der Waals surface area contributed by atoms with Gasteiger partial charge in [-0.25, -0.2) is 9.18 Å². The van der Waals surface area contributed by atoms with Crippen LogP contribution in [0.2, 0.25) is 0 Å². The van der Waals surface area contributed by atoms with Crippen LogP contribution < -0.4 is 5.32 Å². The summed E-state index contributed by atoms with van der Waals surface area (Å²) in [5, 5.41) is 13.4. The molecule has 2 aliphatic rings. The second-order valence-electron chi connectivity index (χ2n) is 7.89.